The van der Waals surface area contributed by atoms with E-state index in [1.807, 2.05) is 24.0 Å². The van der Waals surface area contributed by atoms with E-state index >= 15 is 0 Å². The van der Waals surface area contributed by atoms with Crippen LogP contribution in [0.25, 0.3) is 15.4 Å². The molecule has 0 radical (unpaired) electrons. The number of fused-ring (bicyclic) bond motifs is 1. The summed E-state index contributed by atoms with van der Waals surface area (Å²) < 4.78 is 3.55. The normalized spacial score (nSPS) is 15.2. The van der Waals surface area contributed by atoms with Crippen molar-refractivity contribution >= 4 is 33.7 Å². The van der Waals surface area contributed by atoms with Crippen molar-refractivity contribution < 1.29 is 12.4 Å². The fraction of sp³-hybridized carbons (Fsp3) is 0.375. The van der Waals surface area contributed by atoms with Gasteiger partial charge in [-0.25, -0.2) is 9.50 Å². The predicted molar refractivity (Wildman–Crippen MR) is 139 cm³/mol. The molecule has 5 heterocycles. The van der Waals surface area contributed by atoms with Gasteiger partial charge in [0, 0.05) is 54.7 Å². The number of nitrogens with zero attached hydrogens (tertiary/aromatic N) is 6. The molecule has 11 heteroatoms. The molecule has 0 aliphatic carbocycles. The van der Waals surface area contributed by atoms with Gasteiger partial charge in [-0.3, -0.25) is 14.6 Å². The van der Waals surface area contributed by atoms with Crippen LogP contribution in [0.1, 0.15) is 43.1 Å². The van der Waals surface area contributed by atoms with E-state index in [0.717, 1.165) is 35.0 Å². The smallest absolute Gasteiger partial charge is 0.260 e. The number of thiazole rings is 1. The zero-order valence-corrected chi connectivity index (χ0v) is 21.0. The van der Waals surface area contributed by atoms with Crippen molar-refractivity contribution in [3.8, 4) is 10.6 Å². The Hall–Kier alpha value is -3.57. The van der Waals surface area contributed by atoms with Gasteiger partial charge in [-0.1, -0.05) is 13.8 Å². The number of imidazole rings is 1. The SMILES string of the molecule is Cc1ncc(C(=O)NCCN2CC(C)(C)C2)cc1NC(=O)c1cnn2cc(-c3cn(C)cn3)sc12.[HH].[HH]. The topological polar surface area (TPSA) is 109 Å². The average Bonchev–Trinajstić information content (AvgIpc) is 3.49. The molecular weight excluding hydrogens is 464 g/mol. The number of carbonyl (C=O) groups is 2. The van der Waals surface area contributed by atoms with Gasteiger partial charge in [0.2, 0.25) is 0 Å². The highest BCUT2D eigenvalue weighted by molar-refractivity contribution is 7.21. The molecule has 2 amide bonds. The number of nitrogens with one attached hydrogen (secondary N) is 2. The Morgan fingerprint density at radius 2 is 1.97 bits per heavy atom. The molecule has 0 atom stereocenters. The first-order chi connectivity index (χ1) is 16.7. The van der Waals surface area contributed by atoms with Crippen LogP contribution in [0.4, 0.5) is 5.69 Å². The summed E-state index contributed by atoms with van der Waals surface area (Å²) >= 11 is 1.45. The Bertz CT molecular complexity index is 1420. The van der Waals surface area contributed by atoms with E-state index in [2.05, 4.69) is 44.4 Å². The zero-order valence-electron chi connectivity index (χ0n) is 20.2. The number of likely N-dealkylation sites (tertiary alicyclic amines) is 1. The lowest BCUT2D eigenvalue weighted by Crippen LogP contribution is -2.54. The predicted octanol–water partition coefficient (Wildman–Crippen LogP) is 3.32. The maximum absolute atomic E-state index is 13.1. The molecule has 35 heavy (non-hydrogen) atoms. The number of rotatable bonds is 7. The van der Waals surface area contributed by atoms with E-state index < -0.39 is 0 Å². The van der Waals surface area contributed by atoms with Crippen molar-refractivity contribution in [3.63, 3.8) is 0 Å². The number of carbonyl (C=O) groups excluding carboxylic acids is 2. The van der Waals surface area contributed by atoms with Crippen molar-refractivity contribution in [2.75, 3.05) is 31.5 Å². The third kappa shape index (κ3) is 4.82. The largest absolute Gasteiger partial charge is 0.351 e. The van der Waals surface area contributed by atoms with Gasteiger partial charge in [0.15, 0.2) is 0 Å². The van der Waals surface area contributed by atoms with E-state index in [0.29, 0.717) is 34.5 Å². The van der Waals surface area contributed by atoms with Crippen molar-refractivity contribution in [3.05, 3.63) is 54.0 Å². The molecule has 1 fully saturated rings. The first kappa shape index (κ1) is 23.2. The van der Waals surface area contributed by atoms with E-state index in [1.165, 1.54) is 17.5 Å². The molecule has 0 unspecified atom stereocenters. The molecule has 186 valence electrons. The number of aryl methyl sites for hydroxylation is 2. The van der Waals surface area contributed by atoms with Crippen molar-refractivity contribution in [2.24, 2.45) is 12.5 Å². The van der Waals surface area contributed by atoms with Gasteiger partial charge in [-0.2, -0.15) is 5.10 Å². The van der Waals surface area contributed by atoms with Crippen LogP contribution in [-0.2, 0) is 7.05 Å². The van der Waals surface area contributed by atoms with Crippen LogP contribution in [0.3, 0.4) is 0 Å². The van der Waals surface area contributed by atoms with Crippen LogP contribution >= 0.6 is 11.3 Å². The maximum Gasteiger partial charge on any atom is 0.260 e. The lowest BCUT2D eigenvalue weighted by atomic mass is 9.84. The number of pyridine rings is 1. The number of amides is 2. The monoisotopic (exact) mass is 496 g/mol. The summed E-state index contributed by atoms with van der Waals surface area (Å²) in [7, 11) is 1.91. The minimum atomic E-state index is -0.308. The quantitative estimate of drug-likeness (QED) is 0.406. The highest BCUT2D eigenvalue weighted by Crippen LogP contribution is 2.30. The second kappa shape index (κ2) is 8.90. The van der Waals surface area contributed by atoms with Gasteiger partial charge < -0.3 is 20.1 Å². The first-order valence-electron chi connectivity index (χ1n) is 11.4. The minimum Gasteiger partial charge on any atom is -0.351 e. The average molecular weight is 497 g/mol. The molecule has 0 aromatic carbocycles. The summed E-state index contributed by atoms with van der Waals surface area (Å²) in [6.45, 7) is 9.74. The molecule has 4 aromatic heterocycles. The van der Waals surface area contributed by atoms with Crippen LogP contribution < -0.4 is 10.6 Å². The summed E-state index contributed by atoms with van der Waals surface area (Å²) in [5, 5.41) is 10.2. The lowest BCUT2D eigenvalue weighted by Gasteiger charge is -2.45. The maximum atomic E-state index is 13.1. The number of hydrogen-bond acceptors (Lipinski definition) is 7. The first-order valence-corrected chi connectivity index (χ1v) is 12.2. The molecular formula is C24H32N8O2S. The highest BCUT2D eigenvalue weighted by atomic mass is 32.1. The molecule has 0 bridgehead atoms. The molecule has 0 saturated carbocycles. The van der Waals surface area contributed by atoms with Gasteiger partial charge >= 0.3 is 0 Å². The third-order valence-electron chi connectivity index (χ3n) is 6.01. The van der Waals surface area contributed by atoms with Gasteiger partial charge in [0.25, 0.3) is 11.8 Å². The number of hydrogen-bond donors (Lipinski definition) is 2. The Balaban J connectivity index is 0.00000190. The van der Waals surface area contributed by atoms with Gasteiger partial charge in [-0.05, 0) is 18.4 Å². The third-order valence-corrected chi connectivity index (χ3v) is 7.15. The Morgan fingerprint density at radius 1 is 1.17 bits per heavy atom. The molecule has 5 rings (SSSR count). The molecule has 4 aromatic rings. The Kier molecular flexibility index (Phi) is 5.89. The number of aromatic nitrogens is 5. The van der Waals surface area contributed by atoms with Crippen molar-refractivity contribution in [1.82, 2.24) is 34.4 Å². The fourth-order valence-electron chi connectivity index (χ4n) is 4.33. The van der Waals surface area contributed by atoms with Crippen LogP contribution in [0.5, 0.6) is 0 Å². The molecule has 1 aliphatic heterocycles. The summed E-state index contributed by atoms with van der Waals surface area (Å²) in [4.78, 5) is 38.4. The summed E-state index contributed by atoms with van der Waals surface area (Å²) in [6, 6.07) is 1.66. The Morgan fingerprint density at radius 3 is 2.69 bits per heavy atom. The van der Waals surface area contributed by atoms with Gasteiger partial charge in [-0.15, -0.1) is 11.3 Å². The van der Waals surface area contributed by atoms with Crippen LogP contribution in [0.2, 0.25) is 0 Å². The lowest BCUT2D eigenvalue weighted by molar-refractivity contribution is 0.0323. The van der Waals surface area contributed by atoms with E-state index in [9.17, 15) is 9.59 Å². The number of anilines is 1. The zero-order chi connectivity index (χ0) is 24.7. The van der Waals surface area contributed by atoms with Gasteiger partial charge in [0.1, 0.15) is 4.83 Å². The van der Waals surface area contributed by atoms with E-state index in [-0.39, 0.29) is 14.7 Å². The summed E-state index contributed by atoms with van der Waals surface area (Å²) in [6.07, 6.45) is 8.58. The van der Waals surface area contributed by atoms with Crippen LogP contribution in [0, 0.1) is 12.3 Å². The molecule has 1 aliphatic rings. The molecule has 1 saturated heterocycles. The molecule has 2 N–H and O–H groups in total. The van der Waals surface area contributed by atoms with E-state index in [4.69, 9.17) is 0 Å². The fourth-order valence-corrected chi connectivity index (χ4v) is 5.35. The standard InChI is InChI=1S/C24H28N8O2S.2H2/c1-15-18(7-16(8-26-15)21(33)25-5-6-31-12-24(2,3)13-31)29-22(34)17-9-28-32-11-20(35-23(17)32)19-10-30(4)14-27-19;;/h7-11,14H,5-6,12-13H2,1-4H3,(H,25,33)(H,29,34);2*1H. The second-order valence-corrected chi connectivity index (χ2v) is 10.8. The highest BCUT2D eigenvalue weighted by Gasteiger charge is 2.33. The van der Waals surface area contributed by atoms with Crippen LogP contribution in [-0.4, -0.2) is 67.0 Å². The van der Waals surface area contributed by atoms with Crippen molar-refractivity contribution in [2.45, 2.75) is 20.8 Å². The van der Waals surface area contributed by atoms with Gasteiger partial charge in [0.05, 0.1) is 45.6 Å². The van der Waals surface area contributed by atoms with E-state index in [1.54, 1.807) is 30.0 Å². The van der Waals surface area contributed by atoms with Crippen LogP contribution in [0.15, 0.2) is 37.2 Å². The Labute approximate surface area is 210 Å². The molecule has 10 nitrogen and oxygen atoms in total. The summed E-state index contributed by atoms with van der Waals surface area (Å²) in [5.74, 6) is -0.517. The minimum absolute atomic E-state index is 0. The molecule has 0 spiro atoms. The summed E-state index contributed by atoms with van der Waals surface area (Å²) in [5.41, 5.74) is 3.16. The second-order valence-electron chi connectivity index (χ2n) is 9.77. The van der Waals surface area contributed by atoms with Crippen molar-refractivity contribution in [1.29, 1.82) is 0 Å².